The van der Waals surface area contributed by atoms with Gasteiger partial charge in [-0.05, 0) is 45.1 Å². The van der Waals surface area contributed by atoms with Gasteiger partial charge in [-0.2, -0.15) is 0 Å². The Kier molecular flexibility index (Phi) is 4.07. The van der Waals surface area contributed by atoms with E-state index < -0.39 is 5.97 Å². The van der Waals surface area contributed by atoms with E-state index in [4.69, 9.17) is 17.3 Å². The predicted molar refractivity (Wildman–Crippen MR) is 72.5 cm³/mol. The molecule has 0 saturated carbocycles. The van der Waals surface area contributed by atoms with Crippen LogP contribution in [-0.4, -0.2) is 21.7 Å². The number of anilines is 1. The zero-order chi connectivity index (χ0) is 13.1. The molecule has 1 rings (SSSR count). The summed E-state index contributed by atoms with van der Waals surface area (Å²) in [5, 5.41) is 15.4. The Bertz CT molecular complexity index is 438. The highest BCUT2D eigenvalue weighted by atomic mass is 32.1. The number of carbonyl (C=O) groups is 1. The van der Waals surface area contributed by atoms with Gasteiger partial charge in [0.15, 0.2) is 5.11 Å². The molecule has 5 heteroatoms. The molecule has 0 amide bonds. The highest BCUT2D eigenvalue weighted by molar-refractivity contribution is 7.80. The molecule has 0 heterocycles. The molecule has 0 bridgehead atoms. The van der Waals surface area contributed by atoms with Crippen molar-refractivity contribution in [3.8, 4) is 0 Å². The Labute approximate surface area is 106 Å². The lowest BCUT2D eigenvalue weighted by Crippen LogP contribution is -2.43. The summed E-state index contributed by atoms with van der Waals surface area (Å²) in [6, 6.07) is 6.65. The van der Waals surface area contributed by atoms with Crippen molar-refractivity contribution in [2.24, 2.45) is 0 Å². The van der Waals surface area contributed by atoms with Crippen molar-refractivity contribution in [3.63, 3.8) is 0 Å². The predicted octanol–water partition coefficient (Wildman–Crippen LogP) is 2.47. The van der Waals surface area contributed by atoms with Crippen LogP contribution in [0.15, 0.2) is 24.3 Å². The van der Waals surface area contributed by atoms with E-state index in [0.29, 0.717) is 10.8 Å². The van der Waals surface area contributed by atoms with Gasteiger partial charge >= 0.3 is 5.97 Å². The number of benzene rings is 1. The van der Waals surface area contributed by atoms with Gasteiger partial charge in [-0.15, -0.1) is 0 Å². The quantitative estimate of drug-likeness (QED) is 0.706. The van der Waals surface area contributed by atoms with Crippen molar-refractivity contribution in [1.29, 1.82) is 0 Å². The van der Waals surface area contributed by atoms with Gasteiger partial charge < -0.3 is 15.7 Å². The van der Waals surface area contributed by atoms with Crippen LogP contribution in [-0.2, 0) is 0 Å². The van der Waals surface area contributed by atoms with E-state index in [0.717, 1.165) is 0 Å². The summed E-state index contributed by atoms with van der Waals surface area (Å²) in [7, 11) is 0. The van der Waals surface area contributed by atoms with Gasteiger partial charge in [0.1, 0.15) is 0 Å². The third-order valence-corrected chi connectivity index (χ3v) is 2.10. The van der Waals surface area contributed by atoms with Crippen molar-refractivity contribution >= 4 is 29.0 Å². The summed E-state index contributed by atoms with van der Waals surface area (Å²) in [6.07, 6.45) is 0. The molecule has 0 fully saturated rings. The Morgan fingerprint density at radius 3 is 2.41 bits per heavy atom. The van der Waals surface area contributed by atoms with Crippen LogP contribution in [0.1, 0.15) is 31.1 Å². The van der Waals surface area contributed by atoms with Crippen LogP contribution in [0.25, 0.3) is 0 Å². The SMILES string of the molecule is CC(C)(C)NC(=S)Nc1ccccc1C(=O)O. The average Bonchev–Trinajstić information content (AvgIpc) is 2.14. The number of hydrogen-bond donors (Lipinski definition) is 3. The molecule has 0 aliphatic heterocycles. The maximum atomic E-state index is 11.0. The van der Waals surface area contributed by atoms with Crippen molar-refractivity contribution in [1.82, 2.24) is 5.32 Å². The number of thiocarbonyl (C=S) groups is 1. The zero-order valence-corrected chi connectivity index (χ0v) is 10.9. The molecule has 0 radical (unpaired) electrons. The van der Waals surface area contributed by atoms with E-state index in [2.05, 4.69) is 10.6 Å². The standard InChI is InChI=1S/C12H16N2O2S/c1-12(2,3)14-11(17)13-9-7-5-4-6-8(9)10(15)16/h4-7H,1-3H3,(H,15,16)(H2,13,14,17). The molecule has 0 unspecified atom stereocenters. The van der Waals surface area contributed by atoms with E-state index in [1.165, 1.54) is 6.07 Å². The van der Waals surface area contributed by atoms with Gasteiger partial charge in [0.05, 0.1) is 11.3 Å². The largest absolute Gasteiger partial charge is 0.478 e. The second-order valence-electron chi connectivity index (χ2n) is 4.68. The fourth-order valence-electron chi connectivity index (χ4n) is 1.27. The lowest BCUT2D eigenvalue weighted by Gasteiger charge is -2.23. The Hall–Kier alpha value is -1.62. The van der Waals surface area contributed by atoms with Crippen molar-refractivity contribution in [2.75, 3.05) is 5.32 Å². The minimum atomic E-state index is -0.980. The summed E-state index contributed by atoms with van der Waals surface area (Å²) in [6.45, 7) is 5.93. The fraction of sp³-hybridized carbons (Fsp3) is 0.333. The summed E-state index contributed by atoms with van der Waals surface area (Å²) in [5.74, 6) is -0.980. The topological polar surface area (TPSA) is 61.4 Å². The number of rotatable bonds is 2. The van der Waals surface area contributed by atoms with Crippen LogP contribution in [0.3, 0.4) is 0 Å². The number of carboxylic acids is 1. The lowest BCUT2D eigenvalue weighted by atomic mass is 10.1. The van der Waals surface area contributed by atoms with E-state index in [1.807, 2.05) is 20.8 Å². The number of aromatic carboxylic acids is 1. The highest BCUT2D eigenvalue weighted by Crippen LogP contribution is 2.15. The van der Waals surface area contributed by atoms with Gasteiger partial charge in [-0.25, -0.2) is 4.79 Å². The molecule has 0 aliphatic carbocycles. The molecular weight excluding hydrogens is 236 g/mol. The monoisotopic (exact) mass is 252 g/mol. The molecular formula is C12H16N2O2S. The van der Waals surface area contributed by atoms with Crippen LogP contribution < -0.4 is 10.6 Å². The van der Waals surface area contributed by atoms with Crippen LogP contribution in [0, 0.1) is 0 Å². The third kappa shape index (κ3) is 4.40. The van der Waals surface area contributed by atoms with Gasteiger partial charge in [0, 0.05) is 5.54 Å². The first-order chi connectivity index (χ1) is 7.79. The van der Waals surface area contributed by atoms with Gasteiger partial charge in [0.25, 0.3) is 0 Å². The van der Waals surface area contributed by atoms with E-state index >= 15 is 0 Å². The van der Waals surface area contributed by atoms with Gasteiger partial charge in [0.2, 0.25) is 0 Å². The van der Waals surface area contributed by atoms with Crippen molar-refractivity contribution in [2.45, 2.75) is 26.3 Å². The van der Waals surface area contributed by atoms with Crippen molar-refractivity contribution in [3.05, 3.63) is 29.8 Å². The molecule has 0 atom stereocenters. The molecule has 3 N–H and O–H groups in total. The van der Waals surface area contributed by atoms with Crippen LogP contribution in [0.4, 0.5) is 5.69 Å². The minimum Gasteiger partial charge on any atom is -0.478 e. The van der Waals surface area contributed by atoms with Crippen molar-refractivity contribution < 1.29 is 9.90 Å². The summed E-state index contributed by atoms with van der Waals surface area (Å²) < 4.78 is 0. The minimum absolute atomic E-state index is 0.164. The normalized spacial score (nSPS) is 10.8. The molecule has 92 valence electrons. The molecule has 4 nitrogen and oxygen atoms in total. The first kappa shape index (κ1) is 13.4. The molecule has 0 saturated heterocycles. The summed E-state index contributed by atoms with van der Waals surface area (Å²) in [4.78, 5) is 11.0. The maximum absolute atomic E-state index is 11.0. The average molecular weight is 252 g/mol. The Morgan fingerprint density at radius 2 is 1.88 bits per heavy atom. The van der Waals surface area contributed by atoms with Gasteiger partial charge in [-0.3, -0.25) is 0 Å². The number of nitrogens with one attached hydrogen (secondary N) is 2. The smallest absolute Gasteiger partial charge is 0.337 e. The second-order valence-corrected chi connectivity index (χ2v) is 5.09. The number of hydrogen-bond acceptors (Lipinski definition) is 2. The van der Waals surface area contributed by atoms with Crippen LogP contribution in [0.2, 0.25) is 0 Å². The highest BCUT2D eigenvalue weighted by Gasteiger charge is 2.13. The van der Waals surface area contributed by atoms with Crippen LogP contribution in [0.5, 0.6) is 0 Å². The molecule has 17 heavy (non-hydrogen) atoms. The third-order valence-electron chi connectivity index (χ3n) is 1.89. The maximum Gasteiger partial charge on any atom is 0.337 e. The van der Waals surface area contributed by atoms with Crippen LogP contribution >= 0.6 is 12.2 Å². The molecule has 0 aromatic heterocycles. The molecule has 1 aromatic carbocycles. The van der Waals surface area contributed by atoms with Gasteiger partial charge in [-0.1, -0.05) is 12.1 Å². The first-order valence-electron chi connectivity index (χ1n) is 5.21. The lowest BCUT2D eigenvalue weighted by molar-refractivity contribution is 0.0698. The molecule has 0 aliphatic rings. The number of carboxylic acid groups (broad SMARTS) is 1. The number of para-hydroxylation sites is 1. The first-order valence-corrected chi connectivity index (χ1v) is 5.62. The Balaban J connectivity index is 2.82. The zero-order valence-electron chi connectivity index (χ0n) is 10.1. The Morgan fingerprint density at radius 1 is 1.29 bits per heavy atom. The second kappa shape index (κ2) is 5.14. The fourth-order valence-corrected chi connectivity index (χ4v) is 1.69. The summed E-state index contributed by atoms with van der Waals surface area (Å²) >= 11 is 5.12. The summed E-state index contributed by atoms with van der Waals surface area (Å²) in [5.41, 5.74) is 0.523. The van der Waals surface area contributed by atoms with E-state index in [9.17, 15) is 4.79 Å². The molecule has 0 spiro atoms. The molecule has 1 aromatic rings. The van der Waals surface area contributed by atoms with E-state index in [-0.39, 0.29) is 11.1 Å². The van der Waals surface area contributed by atoms with E-state index in [1.54, 1.807) is 18.2 Å².